The Morgan fingerprint density at radius 3 is 2.79 bits per heavy atom. The Kier molecular flexibility index (Phi) is 7.67. The van der Waals surface area contributed by atoms with E-state index in [1.807, 2.05) is 18.7 Å². The average Bonchev–Trinajstić information content (AvgIpc) is 2.75. The van der Waals surface area contributed by atoms with Gasteiger partial charge in [0.05, 0.1) is 11.4 Å². The predicted molar refractivity (Wildman–Crippen MR) is 77.1 cm³/mol. The summed E-state index contributed by atoms with van der Waals surface area (Å²) < 4.78 is 7.42. The molecule has 0 fully saturated rings. The van der Waals surface area contributed by atoms with Crippen LogP contribution in [-0.4, -0.2) is 35.3 Å². The first-order valence-electron chi connectivity index (χ1n) is 7.32. The molecule has 110 valence electrons. The van der Waals surface area contributed by atoms with Gasteiger partial charge in [-0.3, -0.25) is 0 Å². The molecule has 0 aromatic carbocycles. The molecule has 0 unspecified atom stereocenters. The minimum atomic E-state index is 0.703. The molecule has 0 bridgehead atoms. The van der Waals surface area contributed by atoms with Crippen molar-refractivity contribution in [2.45, 2.75) is 53.1 Å². The van der Waals surface area contributed by atoms with E-state index in [2.05, 4.69) is 29.5 Å². The molecular weight excluding hydrogens is 240 g/mol. The molecule has 0 aliphatic heterocycles. The maximum atomic E-state index is 5.37. The van der Waals surface area contributed by atoms with Gasteiger partial charge in [0.15, 0.2) is 0 Å². The lowest BCUT2D eigenvalue weighted by Gasteiger charge is -2.09. The number of ether oxygens (including phenoxy) is 1. The van der Waals surface area contributed by atoms with Crippen LogP contribution in [0.4, 0.5) is 0 Å². The molecule has 0 saturated heterocycles. The summed E-state index contributed by atoms with van der Waals surface area (Å²) in [4.78, 5) is 0. The van der Waals surface area contributed by atoms with E-state index >= 15 is 0 Å². The molecule has 1 rings (SSSR count). The van der Waals surface area contributed by atoms with E-state index in [0.717, 1.165) is 44.8 Å². The van der Waals surface area contributed by atoms with Crippen LogP contribution in [0, 0.1) is 5.92 Å². The van der Waals surface area contributed by atoms with Crippen molar-refractivity contribution in [3.63, 3.8) is 0 Å². The van der Waals surface area contributed by atoms with Gasteiger partial charge in [0.2, 0.25) is 0 Å². The lowest BCUT2D eigenvalue weighted by atomic mass is 10.1. The van der Waals surface area contributed by atoms with Crippen molar-refractivity contribution < 1.29 is 4.74 Å². The van der Waals surface area contributed by atoms with E-state index < -0.39 is 0 Å². The Balaban J connectivity index is 2.61. The quantitative estimate of drug-likeness (QED) is 0.660. The Labute approximate surface area is 116 Å². The van der Waals surface area contributed by atoms with Gasteiger partial charge >= 0.3 is 0 Å². The third-order valence-corrected chi connectivity index (χ3v) is 3.08. The van der Waals surface area contributed by atoms with Crippen LogP contribution in [0.1, 0.15) is 45.0 Å². The van der Waals surface area contributed by atoms with Crippen LogP contribution >= 0.6 is 0 Å². The molecule has 0 spiro atoms. The van der Waals surface area contributed by atoms with Crippen molar-refractivity contribution in [3.8, 4) is 0 Å². The van der Waals surface area contributed by atoms with Crippen molar-refractivity contribution in [1.82, 2.24) is 20.3 Å². The SMILES string of the molecule is CCOCCCn1nnc(CNC)c1CCC(C)C. The van der Waals surface area contributed by atoms with Gasteiger partial charge in [0.25, 0.3) is 0 Å². The van der Waals surface area contributed by atoms with Gasteiger partial charge in [-0.15, -0.1) is 5.10 Å². The second kappa shape index (κ2) is 9.04. The van der Waals surface area contributed by atoms with Crippen LogP contribution in [0.2, 0.25) is 0 Å². The molecule has 19 heavy (non-hydrogen) atoms. The third kappa shape index (κ3) is 5.70. The highest BCUT2D eigenvalue weighted by Gasteiger charge is 2.12. The Morgan fingerprint density at radius 1 is 1.37 bits per heavy atom. The second-order valence-electron chi connectivity index (χ2n) is 5.22. The van der Waals surface area contributed by atoms with Gasteiger partial charge in [-0.2, -0.15) is 0 Å². The number of hydrogen-bond acceptors (Lipinski definition) is 4. The minimum Gasteiger partial charge on any atom is -0.382 e. The third-order valence-electron chi connectivity index (χ3n) is 3.08. The molecule has 0 radical (unpaired) electrons. The Hall–Kier alpha value is -0.940. The summed E-state index contributed by atoms with van der Waals surface area (Å²) in [6, 6.07) is 0. The molecule has 5 nitrogen and oxygen atoms in total. The smallest absolute Gasteiger partial charge is 0.0996 e. The van der Waals surface area contributed by atoms with Crippen LogP contribution < -0.4 is 5.32 Å². The number of hydrogen-bond donors (Lipinski definition) is 1. The lowest BCUT2D eigenvalue weighted by molar-refractivity contribution is 0.140. The van der Waals surface area contributed by atoms with Gasteiger partial charge in [0.1, 0.15) is 0 Å². The first kappa shape index (κ1) is 16.1. The number of aromatic nitrogens is 3. The van der Waals surface area contributed by atoms with Gasteiger partial charge in [-0.1, -0.05) is 19.1 Å². The normalized spacial score (nSPS) is 11.4. The number of nitrogens with zero attached hydrogens (tertiary/aromatic N) is 3. The molecule has 0 atom stereocenters. The fraction of sp³-hybridized carbons (Fsp3) is 0.857. The topological polar surface area (TPSA) is 52.0 Å². The van der Waals surface area contributed by atoms with Gasteiger partial charge in [-0.05, 0) is 39.2 Å². The molecule has 1 N–H and O–H groups in total. The largest absolute Gasteiger partial charge is 0.382 e. The predicted octanol–water partition coefficient (Wildman–Crippen LogP) is 2.01. The van der Waals surface area contributed by atoms with Crippen LogP contribution in [0.25, 0.3) is 0 Å². The highest BCUT2D eigenvalue weighted by atomic mass is 16.5. The van der Waals surface area contributed by atoms with Crippen molar-refractivity contribution in [2.75, 3.05) is 20.3 Å². The summed E-state index contributed by atoms with van der Waals surface area (Å²) in [5, 5.41) is 11.7. The zero-order valence-electron chi connectivity index (χ0n) is 12.8. The Morgan fingerprint density at radius 2 is 2.16 bits per heavy atom. The summed E-state index contributed by atoms with van der Waals surface area (Å²) in [6.07, 6.45) is 3.22. The van der Waals surface area contributed by atoms with Crippen LogP contribution in [-0.2, 0) is 24.2 Å². The van der Waals surface area contributed by atoms with Gasteiger partial charge < -0.3 is 10.1 Å². The number of aryl methyl sites for hydroxylation is 1. The lowest BCUT2D eigenvalue weighted by Crippen LogP contribution is -2.12. The fourth-order valence-electron chi connectivity index (χ4n) is 2.01. The minimum absolute atomic E-state index is 0.703. The van der Waals surface area contributed by atoms with E-state index in [4.69, 9.17) is 4.74 Å². The standard InChI is InChI=1S/C14H28N4O/c1-5-19-10-6-9-18-14(8-7-12(2)3)13(11-15-4)16-17-18/h12,15H,5-11H2,1-4H3. The summed E-state index contributed by atoms with van der Waals surface area (Å²) in [7, 11) is 1.94. The van der Waals surface area contributed by atoms with Crippen molar-refractivity contribution in [1.29, 1.82) is 0 Å². The molecule has 1 aromatic heterocycles. The second-order valence-corrected chi connectivity index (χ2v) is 5.22. The molecule has 0 amide bonds. The van der Waals surface area contributed by atoms with Crippen LogP contribution in [0.15, 0.2) is 0 Å². The zero-order chi connectivity index (χ0) is 14.1. The molecule has 0 aliphatic carbocycles. The molecule has 1 heterocycles. The first-order chi connectivity index (χ1) is 9.19. The summed E-state index contributed by atoms with van der Waals surface area (Å²) in [5.74, 6) is 0.703. The molecule has 0 saturated carbocycles. The molecular formula is C14H28N4O. The van der Waals surface area contributed by atoms with Crippen molar-refractivity contribution in [3.05, 3.63) is 11.4 Å². The molecule has 5 heteroatoms. The average molecular weight is 268 g/mol. The summed E-state index contributed by atoms with van der Waals surface area (Å²) in [5.41, 5.74) is 2.36. The zero-order valence-corrected chi connectivity index (χ0v) is 12.8. The van der Waals surface area contributed by atoms with Gasteiger partial charge in [0, 0.05) is 26.3 Å². The van der Waals surface area contributed by atoms with Crippen molar-refractivity contribution in [2.24, 2.45) is 5.92 Å². The van der Waals surface area contributed by atoms with E-state index in [-0.39, 0.29) is 0 Å². The monoisotopic (exact) mass is 268 g/mol. The maximum Gasteiger partial charge on any atom is 0.0996 e. The van der Waals surface area contributed by atoms with Crippen LogP contribution in [0.5, 0.6) is 0 Å². The van der Waals surface area contributed by atoms with Crippen molar-refractivity contribution >= 4 is 0 Å². The number of rotatable bonds is 10. The van der Waals surface area contributed by atoms with E-state index in [9.17, 15) is 0 Å². The Bertz CT molecular complexity index is 349. The molecule has 1 aromatic rings. The highest BCUT2D eigenvalue weighted by molar-refractivity contribution is 5.10. The number of nitrogens with one attached hydrogen (secondary N) is 1. The highest BCUT2D eigenvalue weighted by Crippen LogP contribution is 2.13. The molecule has 0 aliphatic rings. The van der Waals surface area contributed by atoms with Crippen LogP contribution in [0.3, 0.4) is 0 Å². The van der Waals surface area contributed by atoms with E-state index in [1.165, 1.54) is 12.1 Å². The maximum absolute atomic E-state index is 5.37. The first-order valence-corrected chi connectivity index (χ1v) is 7.32. The fourth-order valence-corrected chi connectivity index (χ4v) is 2.01. The summed E-state index contributed by atoms with van der Waals surface area (Å²) >= 11 is 0. The van der Waals surface area contributed by atoms with E-state index in [1.54, 1.807) is 0 Å². The van der Waals surface area contributed by atoms with E-state index in [0.29, 0.717) is 5.92 Å². The van der Waals surface area contributed by atoms with Gasteiger partial charge in [-0.25, -0.2) is 4.68 Å². The summed E-state index contributed by atoms with van der Waals surface area (Å²) in [6.45, 7) is 9.78.